The van der Waals surface area contributed by atoms with Crippen molar-refractivity contribution in [3.63, 3.8) is 0 Å². The van der Waals surface area contributed by atoms with Crippen LogP contribution in [-0.2, 0) is 0 Å². The number of nitrogens with zero attached hydrogens (tertiary/aromatic N) is 3. The van der Waals surface area contributed by atoms with Crippen molar-refractivity contribution in [2.24, 2.45) is 0 Å². The molecule has 0 saturated carbocycles. The molecule has 0 aliphatic rings. The van der Waals surface area contributed by atoms with Crippen molar-refractivity contribution in [2.45, 2.75) is 6.92 Å². The van der Waals surface area contributed by atoms with Crippen LogP contribution in [0, 0.1) is 6.92 Å². The highest BCUT2D eigenvalue weighted by molar-refractivity contribution is 6.02. The summed E-state index contributed by atoms with van der Waals surface area (Å²) in [6, 6.07) is 19.5. The lowest BCUT2D eigenvalue weighted by molar-refractivity contribution is 0.641. The highest BCUT2D eigenvalue weighted by atomic mass is 16.3. The third-order valence-corrected chi connectivity index (χ3v) is 5.11. The smallest absolute Gasteiger partial charge is 0.236 e. The Labute approximate surface area is 152 Å². The van der Waals surface area contributed by atoms with Gasteiger partial charge in [-0.25, -0.2) is 4.98 Å². The average Bonchev–Trinajstić information content (AvgIpc) is 3.06. The molecule has 3 aromatic carbocycles. The van der Waals surface area contributed by atoms with Gasteiger partial charge in [0.1, 0.15) is 16.8 Å². The summed E-state index contributed by atoms with van der Waals surface area (Å²) in [5.74, 6) is 0.731. The van der Waals surface area contributed by atoms with E-state index in [0.29, 0.717) is 27.7 Å². The highest BCUT2D eigenvalue weighted by Gasteiger charge is 2.18. The predicted molar refractivity (Wildman–Crippen MR) is 106 cm³/mol. The topological polar surface area (TPSA) is 60.4 Å². The second-order valence-corrected chi connectivity index (χ2v) is 6.73. The Hall–Kier alpha value is -3.73. The molecule has 0 aliphatic heterocycles. The third-order valence-electron chi connectivity index (χ3n) is 5.11. The van der Waals surface area contributed by atoms with Gasteiger partial charge in [-0.15, -0.1) is 0 Å². The van der Waals surface area contributed by atoms with E-state index in [1.165, 1.54) is 0 Å². The third kappa shape index (κ3) is 1.85. The summed E-state index contributed by atoms with van der Waals surface area (Å²) in [6.07, 6.45) is 0. The molecule has 0 N–H and O–H groups in total. The van der Waals surface area contributed by atoms with Gasteiger partial charge >= 0.3 is 0 Å². The van der Waals surface area contributed by atoms with Crippen LogP contribution in [0.15, 0.2) is 69.9 Å². The van der Waals surface area contributed by atoms with Crippen molar-refractivity contribution >= 4 is 49.5 Å². The van der Waals surface area contributed by atoms with Crippen LogP contribution in [0.2, 0.25) is 0 Å². The van der Waals surface area contributed by atoms with Gasteiger partial charge in [0.2, 0.25) is 11.1 Å². The largest absolute Gasteiger partial charge is 0.437 e. The first kappa shape index (κ1) is 14.4. The number of fused-ring (bicyclic) bond motifs is 7. The summed E-state index contributed by atoms with van der Waals surface area (Å²) in [7, 11) is 0. The van der Waals surface area contributed by atoms with E-state index in [1.807, 2.05) is 72.0 Å². The number of benzene rings is 3. The van der Waals surface area contributed by atoms with Crippen LogP contribution < -0.4 is 5.43 Å². The number of imidazole rings is 1. The highest BCUT2D eigenvalue weighted by Crippen LogP contribution is 2.27. The van der Waals surface area contributed by atoms with Crippen molar-refractivity contribution in [2.75, 3.05) is 0 Å². The quantitative estimate of drug-likeness (QED) is 0.375. The second-order valence-electron chi connectivity index (χ2n) is 6.73. The SMILES string of the molecule is Cc1nc2oc3cc4ccccc4cc3c(=O)c2c2nc3ccccc3n12. The number of aryl methyl sites for hydroxylation is 1. The lowest BCUT2D eigenvalue weighted by atomic mass is 10.1. The normalized spacial score (nSPS) is 12.0. The van der Waals surface area contributed by atoms with Crippen molar-refractivity contribution in [3.05, 3.63) is 76.7 Å². The average molecular weight is 351 g/mol. The van der Waals surface area contributed by atoms with Crippen LogP contribution in [0.3, 0.4) is 0 Å². The van der Waals surface area contributed by atoms with E-state index < -0.39 is 0 Å². The van der Waals surface area contributed by atoms with Gasteiger partial charge in [-0.3, -0.25) is 9.20 Å². The predicted octanol–water partition coefficient (Wildman–Crippen LogP) is 4.60. The molecule has 3 aromatic heterocycles. The summed E-state index contributed by atoms with van der Waals surface area (Å²) in [4.78, 5) is 22.7. The molecule has 6 rings (SSSR count). The molecular formula is C22H13N3O2. The molecule has 6 aromatic rings. The fraction of sp³-hybridized carbons (Fsp3) is 0.0455. The maximum Gasteiger partial charge on any atom is 0.236 e. The van der Waals surface area contributed by atoms with Gasteiger partial charge in [0.25, 0.3) is 0 Å². The van der Waals surface area contributed by atoms with E-state index in [1.54, 1.807) is 0 Å². The summed E-state index contributed by atoms with van der Waals surface area (Å²) in [6.45, 7) is 1.89. The summed E-state index contributed by atoms with van der Waals surface area (Å²) in [5.41, 5.74) is 3.10. The van der Waals surface area contributed by atoms with Crippen LogP contribution in [0.25, 0.3) is 49.5 Å². The zero-order valence-corrected chi connectivity index (χ0v) is 14.4. The molecular weight excluding hydrogens is 338 g/mol. The Bertz CT molecular complexity index is 1610. The molecule has 0 atom stereocenters. The van der Waals surface area contributed by atoms with Crippen LogP contribution in [-0.4, -0.2) is 14.4 Å². The van der Waals surface area contributed by atoms with Gasteiger partial charge in [-0.05, 0) is 42.0 Å². The fourth-order valence-electron chi connectivity index (χ4n) is 3.86. The summed E-state index contributed by atoms with van der Waals surface area (Å²) >= 11 is 0. The van der Waals surface area contributed by atoms with Crippen LogP contribution in [0.4, 0.5) is 0 Å². The minimum absolute atomic E-state index is 0.107. The molecule has 0 aliphatic carbocycles. The molecule has 5 nitrogen and oxygen atoms in total. The van der Waals surface area contributed by atoms with E-state index in [4.69, 9.17) is 9.40 Å². The Balaban J connectivity index is 1.89. The summed E-state index contributed by atoms with van der Waals surface area (Å²) in [5, 5.41) is 2.98. The van der Waals surface area contributed by atoms with Gasteiger partial charge in [-0.2, -0.15) is 4.98 Å². The molecule has 0 bridgehead atoms. The van der Waals surface area contributed by atoms with Gasteiger partial charge in [0.15, 0.2) is 5.65 Å². The van der Waals surface area contributed by atoms with Crippen LogP contribution in [0.5, 0.6) is 0 Å². The summed E-state index contributed by atoms with van der Waals surface area (Å²) < 4.78 is 7.97. The van der Waals surface area contributed by atoms with Gasteiger partial charge in [0.05, 0.1) is 16.4 Å². The molecule has 0 saturated heterocycles. The van der Waals surface area contributed by atoms with E-state index in [0.717, 1.165) is 27.6 Å². The number of hydrogen-bond acceptors (Lipinski definition) is 4. The molecule has 0 amide bonds. The van der Waals surface area contributed by atoms with Crippen molar-refractivity contribution in [1.82, 2.24) is 14.4 Å². The van der Waals surface area contributed by atoms with E-state index in [9.17, 15) is 4.79 Å². The molecule has 0 unspecified atom stereocenters. The molecule has 0 fully saturated rings. The van der Waals surface area contributed by atoms with E-state index in [-0.39, 0.29) is 5.43 Å². The maximum atomic E-state index is 13.4. The van der Waals surface area contributed by atoms with Crippen LogP contribution >= 0.6 is 0 Å². The van der Waals surface area contributed by atoms with Gasteiger partial charge in [0, 0.05) is 0 Å². The van der Waals surface area contributed by atoms with Crippen molar-refractivity contribution in [3.8, 4) is 0 Å². The zero-order chi connectivity index (χ0) is 18.1. The first-order chi connectivity index (χ1) is 13.2. The van der Waals surface area contributed by atoms with Crippen LogP contribution in [0.1, 0.15) is 5.82 Å². The molecule has 0 radical (unpaired) electrons. The minimum Gasteiger partial charge on any atom is -0.437 e. The Morgan fingerprint density at radius 1 is 0.926 bits per heavy atom. The zero-order valence-electron chi connectivity index (χ0n) is 14.4. The fourth-order valence-corrected chi connectivity index (χ4v) is 3.86. The monoisotopic (exact) mass is 351 g/mol. The molecule has 27 heavy (non-hydrogen) atoms. The van der Waals surface area contributed by atoms with Crippen molar-refractivity contribution < 1.29 is 4.42 Å². The van der Waals surface area contributed by atoms with E-state index in [2.05, 4.69) is 4.98 Å². The minimum atomic E-state index is -0.107. The number of aromatic nitrogens is 3. The lowest BCUT2D eigenvalue weighted by Crippen LogP contribution is -2.07. The first-order valence-corrected chi connectivity index (χ1v) is 8.74. The number of rotatable bonds is 0. The Kier molecular flexibility index (Phi) is 2.63. The Morgan fingerprint density at radius 3 is 2.52 bits per heavy atom. The molecule has 128 valence electrons. The standard InChI is InChI=1S/C22H13N3O2/c1-12-23-22-19(21-24-16-8-4-5-9-17(16)25(12)21)20(26)15-10-13-6-2-3-7-14(13)11-18(15)27-22/h2-11H,1H3. The van der Waals surface area contributed by atoms with Gasteiger partial charge < -0.3 is 4.42 Å². The van der Waals surface area contributed by atoms with Gasteiger partial charge in [-0.1, -0.05) is 36.4 Å². The first-order valence-electron chi connectivity index (χ1n) is 8.74. The Morgan fingerprint density at radius 2 is 1.67 bits per heavy atom. The lowest BCUT2D eigenvalue weighted by Gasteiger charge is -2.06. The second kappa shape index (κ2) is 4.92. The number of para-hydroxylation sites is 2. The maximum absolute atomic E-state index is 13.4. The van der Waals surface area contributed by atoms with Crippen molar-refractivity contribution in [1.29, 1.82) is 0 Å². The van der Waals surface area contributed by atoms with E-state index >= 15 is 0 Å². The molecule has 3 heterocycles. The number of hydrogen-bond donors (Lipinski definition) is 0. The molecule has 0 spiro atoms. The molecule has 5 heteroatoms.